The molecule has 0 unspecified atom stereocenters. The average Bonchev–Trinajstić information content (AvgIpc) is 3.25. The third-order valence-electron chi connectivity index (χ3n) is 9.32. The Bertz CT molecular complexity index is 1420. The van der Waals surface area contributed by atoms with Gasteiger partial charge in [0, 0.05) is 30.2 Å². The van der Waals surface area contributed by atoms with Crippen LogP contribution in [0.2, 0.25) is 0 Å². The molecule has 0 amide bonds. The molecule has 6 nitrogen and oxygen atoms in total. The fourth-order valence-corrected chi connectivity index (χ4v) is 7.40. The molecule has 192 valence electrons. The highest BCUT2D eigenvalue weighted by atomic mass is 16.6. The van der Waals surface area contributed by atoms with Gasteiger partial charge in [-0.1, -0.05) is 18.9 Å². The molecule has 5 atom stereocenters. The van der Waals surface area contributed by atoms with Gasteiger partial charge in [0.25, 0.3) is 0 Å². The van der Waals surface area contributed by atoms with Crippen LogP contribution in [0.1, 0.15) is 76.8 Å². The number of benzene rings is 1. The van der Waals surface area contributed by atoms with Gasteiger partial charge < -0.3 is 9.47 Å². The van der Waals surface area contributed by atoms with Crippen LogP contribution >= 0.6 is 0 Å². The van der Waals surface area contributed by atoms with Crippen molar-refractivity contribution >= 4 is 11.9 Å². The third kappa shape index (κ3) is 3.89. The summed E-state index contributed by atoms with van der Waals surface area (Å²) in [5.74, 6) is 3.97. The van der Waals surface area contributed by atoms with E-state index >= 15 is 0 Å². The van der Waals surface area contributed by atoms with Crippen LogP contribution in [0.5, 0.6) is 5.75 Å². The Kier molecular flexibility index (Phi) is 6.03. The number of ether oxygens (including phenoxy) is 2. The van der Waals surface area contributed by atoms with Crippen LogP contribution in [0.3, 0.4) is 0 Å². The van der Waals surface area contributed by atoms with E-state index in [2.05, 4.69) is 28.9 Å². The number of pyridine rings is 2. The van der Waals surface area contributed by atoms with Crippen molar-refractivity contribution < 1.29 is 19.1 Å². The van der Waals surface area contributed by atoms with E-state index in [1.807, 2.05) is 12.1 Å². The number of hydrogen-bond acceptors (Lipinski definition) is 6. The summed E-state index contributed by atoms with van der Waals surface area (Å²) in [4.78, 5) is 33.6. The number of carbonyl (C=O) groups is 2. The highest BCUT2D eigenvalue weighted by Crippen LogP contribution is 2.65. The fourth-order valence-electron chi connectivity index (χ4n) is 7.40. The summed E-state index contributed by atoms with van der Waals surface area (Å²) in [5, 5.41) is 0. The lowest BCUT2D eigenvalue weighted by Gasteiger charge is -2.52. The Morgan fingerprint density at radius 2 is 1.71 bits per heavy atom. The summed E-state index contributed by atoms with van der Waals surface area (Å²) < 4.78 is 11.8. The molecular formula is C32H30N2O4. The molecule has 2 fully saturated rings. The summed E-state index contributed by atoms with van der Waals surface area (Å²) in [6.45, 7) is 2.23. The minimum atomic E-state index is -0.916. The van der Waals surface area contributed by atoms with E-state index in [0.717, 1.165) is 32.1 Å². The summed E-state index contributed by atoms with van der Waals surface area (Å²) in [7, 11) is 0. The molecule has 0 radical (unpaired) electrons. The topological polar surface area (TPSA) is 78.4 Å². The van der Waals surface area contributed by atoms with Crippen molar-refractivity contribution in [1.82, 2.24) is 9.97 Å². The zero-order valence-electron chi connectivity index (χ0n) is 21.4. The Morgan fingerprint density at radius 3 is 2.39 bits per heavy atom. The molecule has 3 aliphatic carbocycles. The molecule has 3 aliphatic rings. The number of fused-ring (bicyclic) bond motifs is 5. The number of carbonyl (C=O) groups excluding carboxylic acids is 2. The van der Waals surface area contributed by atoms with Gasteiger partial charge in [0.15, 0.2) is 5.60 Å². The second-order valence-electron chi connectivity index (χ2n) is 11.0. The van der Waals surface area contributed by atoms with Crippen LogP contribution in [0.4, 0.5) is 0 Å². The molecule has 0 bridgehead atoms. The zero-order valence-corrected chi connectivity index (χ0v) is 21.4. The van der Waals surface area contributed by atoms with Gasteiger partial charge in [0.2, 0.25) is 0 Å². The lowest BCUT2D eigenvalue weighted by atomic mass is 9.53. The van der Waals surface area contributed by atoms with Gasteiger partial charge in [-0.25, -0.2) is 9.59 Å². The molecule has 6 rings (SSSR count). The molecule has 0 saturated heterocycles. The van der Waals surface area contributed by atoms with Crippen molar-refractivity contribution in [2.24, 2.45) is 17.3 Å². The van der Waals surface area contributed by atoms with E-state index in [1.54, 1.807) is 36.7 Å². The van der Waals surface area contributed by atoms with Gasteiger partial charge in [-0.05, 0) is 104 Å². The lowest BCUT2D eigenvalue weighted by Crippen LogP contribution is -2.52. The van der Waals surface area contributed by atoms with Gasteiger partial charge >= 0.3 is 11.9 Å². The zero-order chi connectivity index (χ0) is 26.3. The van der Waals surface area contributed by atoms with Crippen molar-refractivity contribution in [3.05, 3.63) is 89.5 Å². The standard InChI is InChI=1S/C32H30N2O4/c1-3-32(38-30(36)23-7-5-17-34-20-23)15-13-28-27-10-8-21-18-24(37-29(35)22-6-4-16-33-19-22)9-11-25(21)26(27)12-14-31(28,32)2/h1,4-7,9,11,16-20,26-28H,8,10,12-15H2,2H3/t26-,27-,28+,31+,32-/m1/s1. The van der Waals surface area contributed by atoms with Crippen molar-refractivity contribution in [2.75, 3.05) is 0 Å². The molecule has 3 aromatic rings. The number of rotatable bonds is 4. The maximum atomic E-state index is 13.0. The quantitative estimate of drug-likeness (QED) is 0.254. The SMILES string of the molecule is C#C[C@@]1(OC(=O)c2cccnc2)CC[C@H]2[C@@H]3CCc4cc(OC(=O)c5cccnc5)ccc4[C@H]3CC[C@@]21C. The van der Waals surface area contributed by atoms with Gasteiger partial charge in [0.1, 0.15) is 5.75 Å². The lowest BCUT2D eigenvalue weighted by molar-refractivity contribution is -0.0796. The van der Waals surface area contributed by atoms with Gasteiger partial charge in [0.05, 0.1) is 11.1 Å². The Balaban J connectivity index is 1.22. The molecule has 0 aliphatic heterocycles. The largest absolute Gasteiger partial charge is 0.442 e. The minimum absolute atomic E-state index is 0.280. The van der Waals surface area contributed by atoms with E-state index < -0.39 is 17.5 Å². The minimum Gasteiger partial charge on any atom is -0.442 e. The van der Waals surface area contributed by atoms with Crippen molar-refractivity contribution in [2.45, 2.75) is 57.0 Å². The highest BCUT2D eigenvalue weighted by Gasteiger charge is 2.63. The van der Waals surface area contributed by atoms with Crippen LogP contribution in [0.15, 0.2) is 67.3 Å². The fraction of sp³-hybridized carbons (Fsp3) is 0.375. The van der Waals surface area contributed by atoms with Crippen LogP contribution < -0.4 is 4.74 Å². The number of nitrogens with zero attached hydrogens (tertiary/aromatic N) is 2. The number of hydrogen-bond donors (Lipinski definition) is 0. The predicted molar refractivity (Wildman–Crippen MR) is 141 cm³/mol. The van der Waals surface area contributed by atoms with E-state index in [0.29, 0.717) is 41.1 Å². The maximum absolute atomic E-state index is 13.0. The third-order valence-corrected chi connectivity index (χ3v) is 9.32. The van der Waals surface area contributed by atoms with Gasteiger partial charge in [-0.2, -0.15) is 0 Å². The first-order valence-electron chi connectivity index (χ1n) is 13.3. The molecule has 0 spiro atoms. The monoisotopic (exact) mass is 506 g/mol. The second kappa shape index (κ2) is 9.40. The Labute approximate surface area is 222 Å². The highest BCUT2D eigenvalue weighted by molar-refractivity contribution is 5.90. The summed E-state index contributed by atoms with van der Waals surface area (Å²) >= 11 is 0. The normalized spacial score (nSPS) is 29.2. The number of aromatic nitrogens is 2. The van der Waals surface area contributed by atoms with Crippen LogP contribution in [0.25, 0.3) is 0 Å². The van der Waals surface area contributed by atoms with E-state index in [1.165, 1.54) is 23.5 Å². The van der Waals surface area contributed by atoms with Gasteiger partial charge in [-0.15, -0.1) is 6.42 Å². The number of aryl methyl sites for hydroxylation is 1. The van der Waals surface area contributed by atoms with Gasteiger partial charge in [-0.3, -0.25) is 9.97 Å². The molecule has 6 heteroatoms. The summed E-state index contributed by atoms with van der Waals surface area (Å²) in [5.41, 5.74) is 2.25. The average molecular weight is 507 g/mol. The number of terminal acetylenes is 1. The van der Waals surface area contributed by atoms with Crippen LogP contribution in [-0.2, 0) is 11.2 Å². The Morgan fingerprint density at radius 1 is 0.974 bits per heavy atom. The molecule has 2 aromatic heterocycles. The maximum Gasteiger partial charge on any atom is 0.345 e. The van der Waals surface area contributed by atoms with E-state index in [9.17, 15) is 9.59 Å². The molecule has 1 aromatic carbocycles. The molecule has 2 heterocycles. The second-order valence-corrected chi connectivity index (χ2v) is 11.0. The smallest absolute Gasteiger partial charge is 0.345 e. The summed E-state index contributed by atoms with van der Waals surface area (Å²) in [6, 6.07) is 12.9. The molecular weight excluding hydrogens is 476 g/mol. The van der Waals surface area contributed by atoms with Crippen molar-refractivity contribution in [3.8, 4) is 18.1 Å². The summed E-state index contributed by atoms with van der Waals surface area (Å²) in [6.07, 6.45) is 17.9. The number of esters is 2. The molecule has 0 N–H and O–H groups in total. The predicted octanol–water partition coefficient (Wildman–Crippen LogP) is 5.78. The van der Waals surface area contributed by atoms with Crippen LogP contribution in [0, 0.1) is 29.6 Å². The van der Waals surface area contributed by atoms with E-state index in [-0.39, 0.29) is 5.41 Å². The first-order chi connectivity index (χ1) is 18.4. The Hall–Kier alpha value is -3.98. The van der Waals surface area contributed by atoms with Crippen molar-refractivity contribution in [1.29, 1.82) is 0 Å². The molecule has 2 saturated carbocycles. The molecule has 38 heavy (non-hydrogen) atoms. The van der Waals surface area contributed by atoms with Crippen molar-refractivity contribution in [3.63, 3.8) is 0 Å². The van der Waals surface area contributed by atoms with E-state index in [4.69, 9.17) is 15.9 Å². The first-order valence-corrected chi connectivity index (χ1v) is 13.3. The van der Waals surface area contributed by atoms with Crippen LogP contribution in [-0.4, -0.2) is 27.5 Å². The first kappa shape index (κ1) is 24.4.